The molecule has 0 aliphatic heterocycles. The summed E-state index contributed by atoms with van der Waals surface area (Å²) in [7, 11) is 1.32. The molecule has 1 heterocycles. The number of carbonyl (C=O) groups excluding carboxylic acids is 1. The Hall–Kier alpha value is -1.39. The number of halogens is 2. The van der Waals surface area contributed by atoms with Crippen molar-refractivity contribution in [3.05, 3.63) is 24.2 Å². The highest BCUT2D eigenvalue weighted by molar-refractivity contribution is 5.78. The van der Waals surface area contributed by atoms with E-state index in [-0.39, 0.29) is 6.54 Å². The van der Waals surface area contributed by atoms with Crippen molar-refractivity contribution < 1.29 is 18.0 Å². The second-order valence-electron chi connectivity index (χ2n) is 2.63. The lowest BCUT2D eigenvalue weighted by molar-refractivity contribution is -0.141. The van der Waals surface area contributed by atoms with E-state index in [4.69, 9.17) is 4.42 Å². The molecule has 0 N–H and O–H groups in total. The van der Waals surface area contributed by atoms with Gasteiger partial charge in [-0.2, -0.15) is 8.78 Å². The van der Waals surface area contributed by atoms with Gasteiger partial charge >= 0.3 is 6.43 Å². The maximum atomic E-state index is 11.9. The Morgan fingerprint density at radius 3 is 2.85 bits per heavy atom. The lowest BCUT2D eigenvalue weighted by Gasteiger charge is -2.14. The average molecular weight is 189 g/mol. The van der Waals surface area contributed by atoms with Crippen LogP contribution in [0.1, 0.15) is 5.56 Å². The van der Waals surface area contributed by atoms with Crippen LogP contribution in [0.3, 0.4) is 0 Å². The van der Waals surface area contributed by atoms with Crippen LogP contribution < -0.4 is 0 Å². The van der Waals surface area contributed by atoms with Crippen LogP contribution in [-0.2, 0) is 11.3 Å². The number of hydrogen-bond donors (Lipinski definition) is 0. The van der Waals surface area contributed by atoms with E-state index < -0.39 is 12.3 Å². The molecule has 1 rings (SSSR count). The minimum Gasteiger partial charge on any atom is -0.472 e. The van der Waals surface area contributed by atoms with E-state index >= 15 is 0 Å². The van der Waals surface area contributed by atoms with E-state index in [1.165, 1.54) is 19.6 Å². The first-order valence-corrected chi connectivity index (χ1v) is 3.65. The lowest BCUT2D eigenvalue weighted by atomic mass is 10.3. The van der Waals surface area contributed by atoms with Crippen LogP contribution in [0, 0.1) is 0 Å². The van der Waals surface area contributed by atoms with E-state index in [9.17, 15) is 13.6 Å². The second-order valence-corrected chi connectivity index (χ2v) is 2.63. The highest BCUT2D eigenvalue weighted by Crippen LogP contribution is 2.06. The number of nitrogens with zero attached hydrogens (tertiary/aromatic N) is 1. The molecule has 0 aliphatic carbocycles. The number of furan rings is 1. The highest BCUT2D eigenvalue weighted by Gasteiger charge is 2.19. The first-order valence-electron chi connectivity index (χ1n) is 3.65. The molecule has 72 valence electrons. The monoisotopic (exact) mass is 189 g/mol. The Morgan fingerprint density at radius 2 is 2.38 bits per heavy atom. The van der Waals surface area contributed by atoms with Gasteiger partial charge in [-0.05, 0) is 6.07 Å². The summed E-state index contributed by atoms with van der Waals surface area (Å²) in [4.78, 5) is 11.7. The molecule has 0 atom stereocenters. The predicted octanol–water partition coefficient (Wildman–Crippen LogP) is 1.50. The van der Waals surface area contributed by atoms with Gasteiger partial charge in [0.15, 0.2) is 0 Å². The third-order valence-electron chi connectivity index (χ3n) is 1.56. The molecule has 0 spiro atoms. The summed E-state index contributed by atoms with van der Waals surface area (Å²) in [6.07, 6.45) is -0.109. The zero-order valence-corrected chi connectivity index (χ0v) is 7.04. The number of hydrogen-bond acceptors (Lipinski definition) is 2. The van der Waals surface area contributed by atoms with Gasteiger partial charge in [-0.1, -0.05) is 0 Å². The molecule has 0 saturated heterocycles. The van der Waals surface area contributed by atoms with Crippen molar-refractivity contribution in [1.82, 2.24) is 4.90 Å². The van der Waals surface area contributed by atoms with Crippen molar-refractivity contribution in [2.24, 2.45) is 0 Å². The van der Waals surface area contributed by atoms with Gasteiger partial charge in [-0.3, -0.25) is 4.79 Å². The SMILES string of the molecule is CN(Cc1ccoc1)C(=O)C(F)F. The number of alkyl halides is 2. The third kappa shape index (κ3) is 2.54. The minimum absolute atomic E-state index is 0.139. The van der Waals surface area contributed by atoms with Crippen molar-refractivity contribution in [2.75, 3.05) is 7.05 Å². The second kappa shape index (κ2) is 4.02. The van der Waals surface area contributed by atoms with Gasteiger partial charge in [0, 0.05) is 19.2 Å². The molecule has 3 nitrogen and oxygen atoms in total. The fourth-order valence-corrected chi connectivity index (χ4v) is 0.901. The Bertz CT molecular complexity index is 272. The molecule has 1 aromatic rings. The van der Waals surface area contributed by atoms with E-state index in [1.807, 2.05) is 0 Å². The van der Waals surface area contributed by atoms with Gasteiger partial charge in [0.05, 0.1) is 12.5 Å². The molecule has 0 saturated carbocycles. The summed E-state index contributed by atoms with van der Waals surface area (Å²) in [5, 5.41) is 0. The van der Waals surface area contributed by atoms with E-state index in [0.717, 1.165) is 4.90 Å². The van der Waals surface area contributed by atoms with Crippen molar-refractivity contribution in [1.29, 1.82) is 0 Å². The molecule has 1 amide bonds. The van der Waals surface area contributed by atoms with Gasteiger partial charge < -0.3 is 9.32 Å². The highest BCUT2D eigenvalue weighted by atomic mass is 19.3. The fraction of sp³-hybridized carbons (Fsp3) is 0.375. The van der Waals surface area contributed by atoms with Gasteiger partial charge in [0.1, 0.15) is 0 Å². The molecule has 0 bridgehead atoms. The molecule has 0 aromatic carbocycles. The van der Waals surface area contributed by atoms with Crippen LogP contribution in [0.25, 0.3) is 0 Å². The van der Waals surface area contributed by atoms with Gasteiger partial charge in [-0.15, -0.1) is 0 Å². The number of amides is 1. The summed E-state index contributed by atoms with van der Waals surface area (Å²) in [5.41, 5.74) is 0.691. The average Bonchev–Trinajstić information content (AvgIpc) is 2.55. The van der Waals surface area contributed by atoms with Crippen LogP contribution >= 0.6 is 0 Å². The summed E-state index contributed by atoms with van der Waals surface area (Å²) in [6, 6.07) is 1.62. The van der Waals surface area contributed by atoms with Crippen LogP contribution in [0.4, 0.5) is 8.78 Å². The number of carbonyl (C=O) groups is 1. The van der Waals surface area contributed by atoms with Gasteiger partial charge in [0.25, 0.3) is 5.91 Å². The predicted molar refractivity (Wildman–Crippen MR) is 41.2 cm³/mol. The smallest absolute Gasteiger partial charge is 0.315 e. The molecule has 1 aromatic heterocycles. The first kappa shape index (κ1) is 9.70. The van der Waals surface area contributed by atoms with Crippen molar-refractivity contribution in [3.8, 4) is 0 Å². The maximum absolute atomic E-state index is 11.9. The van der Waals surface area contributed by atoms with Gasteiger partial charge in [0.2, 0.25) is 0 Å². The topological polar surface area (TPSA) is 33.5 Å². The largest absolute Gasteiger partial charge is 0.472 e. The van der Waals surface area contributed by atoms with Crippen molar-refractivity contribution in [3.63, 3.8) is 0 Å². The standard InChI is InChI=1S/C8H9F2NO2/c1-11(8(12)7(9)10)4-6-2-3-13-5-6/h2-3,5,7H,4H2,1H3. The Morgan fingerprint density at radius 1 is 1.69 bits per heavy atom. The molecular weight excluding hydrogens is 180 g/mol. The Kier molecular flexibility index (Phi) is 3.00. The zero-order valence-electron chi connectivity index (χ0n) is 7.04. The molecule has 13 heavy (non-hydrogen) atoms. The van der Waals surface area contributed by atoms with Crippen molar-refractivity contribution in [2.45, 2.75) is 13.0 Å². The van der Waals surface area contributed by atoms with Crippen LogP contribution in [0.5, 0.6) is 0 Å². The fourth-order valence-electron chi connectivity index (χ4n) is 0.901. The third-order valence-corrected chi connectivity index (χ3v) is 1.56. The molecule has 5 heteroatoms. The van der Waals surface area contributed by atoms with Crippen LogP contribution in [-0.4, -0.2) is 24.3 Å². The van der Waals surface area contributed by atoms with Gasteiger partial charge in [-0.25, -0.2) is 0 Å². The summed E-state index contributed by atoms with van der Waals surface area (Å²) >= 11 is 0. The molecule has 0 unspecified atom stereocenters. The zero-order chi connectivity index (χ0) is 9.84. The summed E-state index contributed by atoms with van der Waals surface area (Å²) in [5.74, 6) is -1.18. The molecule has 0 radical (unpaired) electrons. The summed E-state index contributed by atoms with van der Waals surface area (Å²) < 4.78 is 28.5. The Labute approximate surface area is 73.9 Å². The number of rotatable bonds is 3. The Balaban J connectivity index is 2.51. The quantitative estimate of drug-likeness (QED) is 0.722. The van der Waals surface area contributed by atoms with Crippen LogP contribution in [0.2, 0.25) is 0 Å². The van der Waals surface area contributed by atoms with E-state index in [0.29, 0.717) is 5.56 Å². The summed E-state index contributed by atoms with van der Waals surface area (Å²) in [6.45, 7) is 0.139. The van der Waals surface area contributed by atoms with Crippen LogP contribution in [0.15, 0.2) is 23.0 Å². The van der Waals surface area contributed by atoms with Crippen molar-refractivity contribution >= 4 is 5.91 Å². The molecule has 0 fully saturated rings. The minimum atomic E-state index is -2.95. The van der Waals surface area contributed by atoms with E-state index in [1.54, 1.807) is 6.07 Å². The lowest BCUT2D eigenvalue weighted by Crippen LogP contribution is -2.31. The molecule has 0 aliphatic rings. The maximum Gasteiger partial charge on any atom is 0.315 e. The molecular formula is C8H9F2NO2. The first-order chi connectivity index (χ1) is 6.11. The van der Waals surface area contributed by atoms with E-state index in [2.05, 4.69) is 0 Å². The normalized spacial score (nSPS) is 10.5.